The maximum atomic E-state index is 13.4. The van der Waals surface area contributed by atoms with Crippen molar-refractivity contribution in [1.82, 2.24) is 20.5 Å². The third kappa shape index (κ3) is 5.31. The van der Waals surface area contributed by atoms with Gasteiger partial charge in [0.1, 0.15) is 33.7 Å². The molecule has 2 aromatic heterocycles. The van der Waals surface area contributed by atoms with Gasteiger partial charge in [-0.1, -0.05) is 0 Å². The van der Waals surface area contributed by atoms with Crippen LogP contribution in [0.4, 0.5) is 11.4 Å². The fraction of sp³-hybridized carbons (Fsp3) is 0.464. The first-order valence-corrected chi connectivity index (χ1v) is 14.2. The third-order valence-electron chi connectivity index (χ3n) is 8.02. The number of piperidine rings is 1. The van der Waals surface area contributed by atoms with Crippen LogP contribution in [0.3, 0.4) is 0 Å². The van der Waals surface area contributed by atoms with Gasteiger partial charge in [-0.3, -0.25) is 4.79 Å². The minimum atomic E-state index is -0.296. The number of halogens is 1. The minimum absolute atomic E-state index is 0. The molecule has 1 aliphatic carbocycles. The summed E-state index contributed by atoms with van der Waals surface area (Å²) in [7, 11) is 1.97. The Bertz CT molecular complexity index is 1380. The Morgan fingerprint density at radius 3 is 2.90 bits per heavy atom. The number of nitrogens with one attached hydrogen (secondary N) is 2. The number of rotatable bonds is 6. The molecule has 1 saturated carbocycles. The minimum Gasteiger partial charge on any atom is -0.486 e. The molecule has 1 saturated heterocycles. The highest BCUT2D eigenvalue weighted by Gasteiger charge is 2.43. The van der Waals surface area contributed by atoms with Crippen LogP contribution in [-0.4, -0.2) is 53.4 Å². The molecule has 0 radical (unpaired) electrons. The van der Waals surface area contributed by atoms with E-state index in [0.29, 0.717) is 33.6 Å². The van der Waals surface area contributed by atoms with E-state index in [1.54, 1.807) is 17.8 Å². The standard InChI is InChI=1S/C28H31N7O2S.ClH/c1-30-14-18-4-2-11-35(16-18)24-21(13-29)25-19(5-9-28(37-25)7-3-8-28)12-22(24)33-26(36)23-17-38-27(34-23)20-6-10-31-32-15-20;/h6,10,12,15,17-18,30H,2-5,7-9,11,14,16H2,1H3,(H,33,36);1H/t18-;/m0./s1. The van der Waals surface area contributed by atoms with E-state index in [4.69, 9.17) is 4.74 Å². The zero-order chi connectivity index (χ0) is 26.1. The average molecular weight is 566 g/mol. The number of benzene rings is 1. The van der Waals surface area contributed by atoms with Gasteiger partial charge in [-0.15, -0.1) is 23.7 Å². The van der Waals surface area contributed by atoms with Crippen LogP contribution in [0, 0.1) is 17.2 Å². The number of thiazole rings is 1. The summed E-state index contributed by atoms with van der Waals surface area (Å²) in [6, 6.07) is 6.32. The molecule has 3 aliphatic rings. The lowest BCUT2D eigenvalue weighted by Gasteiger charge is -2.46. The van der Waals surface area contributed by atoms with E-state index in [-0.39, 0.29) is 23.9 Å². The summed E-state index contributed by atoms with van der Waals surface area (Å²) in [6.45, 7) is 2.56. The number of fused-ring (bicyclic) bond motifs is 1. The molecule has 0 unspecified atom stereocenters. The molecular weight excluding hydrogens is 534 g/mol. The average Bonchev–Trinajstić information content (AvgIpc) is 3.43. The molecule has 1 atom stereocenters. The zero-order valence-corrected chi connectivity index (χ0v) is 23.5. The van der Waals surface area contributed by atoms with Crippen LogP contribution >= 0.6 is 23.7 Å². The number of aryl methyl sites for hydroxylation is 1. The summed E-state index contributed by atoms with van der Waals surface area (Å²) < 4.78 is 6.58. The number of nitriles is 1. The molecule has 1 aromatic carbocycles. The topological polar surface area (TPSA) is 116 Å². The Hall–Kier alpha value is -3.26. The number of anilines is 2. The molecule has 1 spiro atoms. The fourth-order valence-corrected chi connectivity index (χ4v) is 6.72. The van der Waals surface area contributed by atoms with Crippen LogP contribution in [0.1, 0.15) is 60.1 Å². The molecular formula is C28H32ClN7O2S. The van der Waals surface area contributed by atoms with E-state index in [0.717, 1.165) is 75.0 Å². The number of nitrogens with zero attached hydrogens (tertiary/aromatic N) is 5. The number of carbonyl (C=O) groups is 1. The van der Waals surface area contributed by atoms with E-state index in [2.05, 4.69) is 36.8 Å². The molecule has 6 rings (SSSR count). The zero-order valence-electron chi connectivity index (χ0n) is 21.9. The van der Waals surface area contributed by atoms with Crippen molar-refractivity contribution in [3.8, 4) is 22.4 Å². The van der Waals surface area contributed by atoms with Crippen molar-refractivity contribution >= 4 is 41.0 Å². The predicted molar refractivity (Wildman–Crippen MR) is 154 cm³/mol. The highest BCUT2D eigenvalue weighted by atomic mass is 35.5. The molecule has 3 aromatic rings. The van der Waals surface area contributed by atoms with Crippen molar-refractivity contribution in [2.75, 3.05) is 36.9 Å². The van der Waals surface area contributed by atoms with E-state index in [1.165, 1.54) is 17.8 Å². The molecule has 204 valence electrons. The summed E-state index contributed by atoms with van der Waals surface area (Å²) in [4.78, 5) is 20.3. The van der Waals surface area contributed by atoms with Crippen LogP contribution in [0.15, 0.2) is 29.9 Å². The Labute approximate surface area is 238 Å². The van der Waals surface area contributed by atoms with Crippen molar-refractivity contribution in [1.29, 1.82) is 5.26 Å². The van der Waals surface area contributed by atoms with Crippen LogP contribution in [0.5, 0.6) is 5.75 Å². The van der Waals surface area contributed by atoms with Gasteiger partial charge in [-0.25, -0.2) is 4.98 Å². The number of aromatic nitrogens is 3. The normalized spacial score (nSPS) is 19.2. The number of ether oxygens (including phenoxy) is 1. The van der Waals surface area contributed by atoms with Crippen molar-refractivity contribution in [3.63, 3.8) is 0 Å². The summed E-state index contributed by atoms with van der Waals surface area (Å²) in [5.74, 6) is 0.882. The third-order valence-corrected chi connectivity index (χ3v) is 8.91. The second kappa shape index (κ2) is 11.5. The van der Waals surface area contributed by atoms with Crippen molar-refractivity contribution in [3.05, 3.63) is 46.7 Å². The van der Waals surface area contributed by atoms with Gasteiger partial charge in [-0.05, 0) is 82.2 Å². The first-order chi connectivity index (χ1) is 18.6. The first-order valence-electron chi connectivity index (χ1n) is 13.3. The molecule has 11 heteroatoms. The highest BCUT2D eigenvalue weighted by molar-refractivity contribution is 7.13. The lowest BCUT2D eigenvalue weighted by atomic mass is 9.74. The molecule has 4 heterocycles. The van der Waals surface area contributed by atoms with Gasteiger partial charge in [0.05, 0.1) is 23.8 Å². The van der Waals surface area contributed by atoms with Crippen LogP contribution in [0.2, 0.25) is 0 Å². The predicted octanol–water partition coefficient (Wildman–Crippen LogP) is 4.83. The summed E-state index contributed by atoms with van der Waals surface area (Å²) in [6.07, 6.45) is 10.4. The van der Waals surface area contributed by atoms with E-state index >= 15 is 0 Å². The van der Waals surface area contributed by atoms with Crippen molar-refractivity contribution < 1.29 is 9.53 Å². The summed E-state index contributed by atoms with van der Waals surface area (Å²) in [5.41, 5.74) is 3.97. The summed E-state index contributed by atoms with van der Waals surface area (Å²) in [5, 5.41) is 27.0. The smallest absolute Gasteiger partial charge is 0.275 e. The van der Waals surface area contributed by atoms with Crippen molar-refractivity contribution in [2.45, 2.75) is 50.5 Å². The van der Waals surface area contributed by atoms with Gasteiger partial charge in [0.2, 0.25) is 0 Å². The van der Waals surface area contributed by atoms with Gasteiger partial charge < -0.3 is 20.3 Å². The molecule has 2 aliphatic heterocycles. The van der Waals surface area contributed by atoms with Crippen LogP contribution in [0.25, 0.3) is 10.6 Å². The maximum Gasteiger partial charge on any atom is 0.275 e. The second-order valence-corrected chi connectivity index (χ2v) is 11.4. The monoisotopic (exact) mass is 565 g/mol. The van der Waals surface area contributed by atoms with Gasteiger partial charge >= 0.3 is 0 Å². The second-order valence-electron chi connectivity index (χ2n) is 10.5. The van der Waals surface area contributed by atoms with Crippen LogP contribution < -0.4 is 20.3 Å². The number of carbonyl (C=O) groups excluding carboxylic acids is 1. The largest absolute Gasteiger partial charge is 0.486 e. The SMILES string of the molecule is CNC[C@@H]1CCCN(c2c(NC(=O)c3csc(-c4ccnnc4)n3)cc3c(c2C#N)OC2(CCC2)CC3)C1.Cl. The fourth-order valence-electron chi connectivity index (χ4n) is 5.93. The molecule has 9 nitrogen and oxygen atoms in total. The van der Waals surface area contributed by atoms with E-state index in [9.17, 15) is 10.1 Å². The maximum absolute atomic E-state index is 13.4. The lowest BCUT2D eigenvalue weighted by molar-refractivity contribution is -0.0251. The van der Waals surface area contributed by atoms with Gasteiger partial charge in [0.25, 0.3) is 5.91 Å². The molecule has 2 fully saturated rings. The Balaban J connectivity index is 0.00000308. The van der Waals surface area contributed by atoms with Gasteiger partial charge in [-0.2, -0.15) is 15.5 Å². The molecule has 39 heavy (non-hydrogen) atoms. The van der Waals surface area contributed by atoms with E-state index < -0.39 is 0 Å². The van der Waals surface area contributed by atoms with Crippen molar-refractivity contribution in [2.24, 2.45) is 5.92 Å². The Morgan fingerprint density at radius 2 is 2.18 bits per heavy atom. The molecule has 2 N–H and O–H groups in total. The highest BCUT2D eigenvalue weighted by Crippen LogP contribution is 2.50. The number of hydrogen-bond donors (Lipinski definition) is 2. The summed E-state index contributed by atoms with van der Waals surface area (Å²) >= 11 is 1.39. The van der Waals surface area contributed by atoms with Gasteiger partial charge in [0.15, 0.2) is 0 Å². The Morgan fingerprint density at radius 1 is 1.31 bits per heavy atom. The lowest BCUT2D eigenvalue weighted by Crippen LogP contribution is -2.46. The van der Waals surface area contributed by atoms with Gasteiger partial charge in [0, 0.05) is 24.0 Å². The first kappa shape index (κ1) is 27.3. The number of hydrogen-bond acceptors (Lipinski definition) is 9. The molecule has 1 amide bonds. The van der Waals surface area contributed by atoms with Crippen LogP contribution in [-0.2, 0) is 6.42 Å². The number of amides is 1. The Kier molecular flexibility index (Phi) is 8.03. The molecule has 0 bridgehead atoms. The van der Waals surface area contributed by atoms with E-state index in [1.807, 2.05) is 19.2 Å². The quantitative estimate of drug-likeness (QED) is 0.436.